The second kappa shape index (κ2) is 6.82. The summed E-state index contributed by atoms with van der Waals surface area (Å²) in [5.41, 5.74) is 4.34. The lowest BCUT2D eigenvalue weighted by Crippen LogP contribution is -2.30. The fourth-order valence-electron chi connectivity index (χ4n) is 1.83. The smallest absolute Gasteiger partial charge is 0.240 e. The van der Waals surface area contributed by atoms with Gasteiger partial charge >= 0.3 is 0 Å². The molecule has 20 heavy (non-hydrogen) atoms. The van der Waals surface area contributed by atoms with Gasteiger partial charge in [0.1, 0.15) is 5.69 Å². The fraction of sp³-hybridized carbons (Fsp3) is 0.231. The van der Waals surface area contributed by atoms with Gasteiger partial charge < -0.3 is 9.47 Å². The van der Waals surface area contributed by atoms with Crippen LogP contribution in [0.5, 0.6) is 11.8 Å². The van der Waals surface area contributed by atoms with Crippen molar-refractivity contribution < 1.29 is 9.47 Å². The van der Waals surface area contributed by atoms with Crippen LogP contribution >= 0.6 is 22.6 Å². The molecule has 2 aromatic rings. The number of nitrogens with zero attached hydrogens (tertiary/aromatic N) is 2. The van der Waals surface area contributed by atoms with Gasteiger partial charge in [-0.15, -0.1) is 0 Å². The maximum Gasteiger partial charge on any atom is 0.240 e. The Morgan fingerprint density at radius 2 is 2.10 bits per heavy atom. The van der Waals surface area contributed by atoms with Gasteiger partial charge in [-0.25, -0.2) is 10.4 Å². The molecule has 106 valence electrons. The number of benzene rings is 1. The monoisotopic (exact) mass is 386 g/mol. The van der Waals surface area contributed by atoms with E-state index in [2.05, 4.69) is 38.0 Å². The van der Waals surface area contributed by atoms with E-state index in [0.717, 1.165) is 9.13 Å². The molecule has 0 radical (unpaired) electrons. The third-order valence-corrected chi connectivity index (χ3v) is 3.44. The second-order valence-electron chi connectivity index (χ2n) is 3.96. The molecule has 0 aliphatic carbocycles. The molecule has 0 aliphatic heterocycles. The first-order chi connectivity index (χ1) is 9.69. The van der Waals surface area contributed by atoms with Crippen molar-refractivity contribution in [2.24, 2.45) is 5.84 Å². The zero-order valence-electron chi connectivity index (χ0n) is 11.1. The maximum atomic E-state index is 5.67. The Morgan fingerprint density at radius 1 is 1.30 bits per heavy atom. The maximum absolute atomic E-state index is 5.67. The number of nitrogens with one attached hydrogen (secondary N) is 1. The standard InChI is InChI=1S/C13H15IN4O2/c1-19-10-7-16-12(13(17-10)20-2)11(18-15)8-4-3-5-9(14)6-8/h3-7,11,18H,15H2,1-2H3. The Kier molecular flexibility index (Phi) is 5.10. The normalized spacial score (nSPS) is 12.0. The van der Waals surface area contributed by atoms with Crippen LogP contribution in [0, 0.1) is 3.57 Å². The number of ether oxygens (including phenoxy) is 2. The van der Waals surface area contributed by atoms with Crippen LogP contribution < -0.4 is 20.7 Å². The van der Waals surface area contributed by atoms with E-state index < -0.39 is 0 Å². The van der Waals surface area contributed by atoms with Crippen LogP contribution in [0.25, 0.3) is 0 Å². The molecule has 0 amide bonds. The quantitative estimate of drug-likeness (QED) is 0.462. The number of aromatic nitrogens is 2. The number of nitrogens with two attached hydrogens (primary N) is 1. The van der Waals surface area contributed by atoms with Gasteiger partial charge in [0.05, 0.1) is 26.5 Å². The van der Waals surface area contributed by atoms with Crippen LogP contribution in [-0.4, -0.2) is 24.2 Å². The molecule has 7 heteroatoms. The van der Waals surface area contributed by atoms with Crippen molar-refractivity contribution in [3.63, 3.8) is 0 Å². The van der Waals surface area contributed by atoms with Crippen LogP contribution in [0.3, 0.4) is 0 Å². The highest BCUT2D eigenvalue weighted by Gasteiger charge is 2.20. The van der Waals surface area contributed by atoms with Crippen molar-refractivity contribution in [2.75, 3.05) is 14.2 Å². The summed E-state index contributed by atoms with van der Waals surface area (Å²) in [6.45, 7) is 0. The van der Waals surface area contributed by atoms with Gasteiger partial charge in [-0.2, -0.15) is 4.98 Å². The highest BCUT2D eigenvalue weighted by molar-refractivity contribution is 14.1. The molecule has 0 saturated carbocycles. The Bertz CT molecular complexity index is 594. The number of hydrogen-bond donors (Lipinski definition) is 2. The highest BCUT2D eigenvalue weighted by atomic mass is 127. The van der Waals surface area contributed by atoms with E-state index >= 15 is 0 Å². The molecule has 1 atom stereocenters. The minimum absolute atomic E-state index is 0.307. The van der Waals surface area contributed by atoms with E-state index in [1.54, 1.807) is 0 Å². The number of halogens is 1. The summed E-state index contributed by atoms with van der Waals surface area (Å²) in [7, 11) is 3.07. The first-order valence-electron chi connectivity index (χ1n) is 5.86. The molecule has 0 bridgehead atoms. The van der Waals surface area contributed by atoms with Gasteiger partial charge in [0.2, 0.25) is 11.8 Å². The molecular weight excluding hydrogens is 371 g/mol. The van der Waals surface area contributed by atoms with E-state index in [0.29, 0.717) is 17.5 Å². The number of hydrazine groups is 1. The van der Waals surface area contributed by atoms with Crippen molar-refractivity contribution >= 4 is 22.6 Å². The lowest BCUT2D eigenvalue weighted by atomic mass is 10.0. The lowest BCUT2D eigenvalue weighted by Gasteiger charge is -2.18. The van der Waals surface area contributed by atoms with Crippen molar-refractivity contribution in [2.45, 2.75) is 6.04 Å². The van der Waals surface area contributed by atoms with Crippen LogP contribution in [0.4, 0.5) is 0 Å². The minimum atomic E-state index is -0.307. The van der Waals surface area contributed by atoms with Crippen LogP contribution in [0.2, 0.25) is 0 Å². The molecule has 1 aromatic heterocycles. The number of methoxy groups -OCH3 is 2. The summed E-state index contributed by atoms with van der Waals surface area (Å²) < 4.78 is 11.4. The highest BCUT2D eigenvalue weighted by Crippen LogP contribution is 2.28. The largest absolute Gasteiger partial charge is 0.480 e. The van der Waals surface area contributed by atoms with Crippen molar-refractivity contribution in [3.05, 3.63) is 45.3 Å². The molecule has 1 aromatic carbocycles. The van der Waals surface area contributed by atoms with E-state index in [1.807, 2.05) is 24.3 Å². The molecule has 0 fully saturated rings. The summed E-state index contributed by atoms with van der Waals surface area (Å²) in [4.78, 5) is 8.56. The molecule has 6 nitrogen and oxygen atoms in total. The van der Waals surface area contributed by atoms with Crippen LogP contribution in [-0.2, 0) is 0 Å². The molecule has 0 spiro atoms. The molecule has 0 saturated heterocycles. The minimum Gasteiger partial charge on any atom is -0.480 e. The Labute approximate surface area is 130 Å². The van der Waals surface area contributed by atoms with E-state index in [9.17, 15) is 0 Å². The zero-order valence-corrected chi connectivity index (χ0v) is 13.3. The van der Waals surface area contributed by atoms with Crippen LogP contribution in [0.1, 0.15) is 17.3 Å². The molecule has 3 N–H and O–H groups in total. The van der Waals surface area contributed by atoms with E-state index in [4.69, 9.17) is 15.3 Å². The SMILES string of the molecule is COc1cnc(C(NN)c2cccc(I)c2)c(OC)n1. The molecule has 0 aliphatic rings. The Balaban J connectivity index is 2.46. The topological polar surface area (TPSA) is 82.3 Å². The summed E-state index contributed by atoms with van der Waals surface area (Å²) in [5, 5.41) is 0. The third kappa shape index (κ3) is 3.17. The molecule has 1 heterocycles. The van der Waals surface area contributed by atoms with Gasteiger partial charge in [0.25, 0.3) is 0 Å². The average Bonchev–Trinajstić information content (AvgIpc) is 2.48. The predicted octanol–water partition coefficient (Wildman–Crippen LogP) is 1.65. The van der Waals surface area contributed by atoms with Crippen molar-refractivity contribution in [1.29, 1.82) is 0 Å². The van der Waals surface area contributed by atoms with Gasteiger partial charge in [0.15, 0.2) is 0 Å². The Hall–Kier alpha value is -1.45. The van der Waals surface area contributed by atoms with E-state index in [-0.39, 0.29) is 6.04 Å². The first kappa shape index (κ1) is 14.9. The molecule has 1 unspecified atom stereocenters. The summed E-state index contributed by atoms with van der Waals surface area (Å²) >= 11 is 2.25. The summed E-state index contributed by atoms with van der Waals surface area (Å²) in [6, 6.07) is 7.66. The lowest BCUT2D eigenvalue weighted by molar-refractivity contribution is 0.352. The number of hydrogen-bond acceptors (Lipinski definition) is 6. The van der Waals surface area contributed by atoms with Crippen molar-refractivity contribution in [1.82, 2.24) is 15.4 Å². The average molecular weight is 386 g/mol. The first-order valence-corrected chi connectivity index (χ1v) is 6.94. The Morgan fingerprint density at radius 3 is 2.70 bits per heavy atom. The fourth-order valence-corrected chi connectivity index (χ4v) is 2.40. The van der Waals surface area contributed by atoms with Gasteiger partial charge in [-0.1, -0.05) is 12.1 Å². The summed E-state index contributed by atoms with van der Waals surface area (Å²) in [6.07, 6.45) is 1.54. The van der Waals surface area contributed by atoms with Gasteiger partial charge in [-0.05, 0) is 40.3 Å². The van der Waals surface area contributed by atoms with Crippen LogP contribution in [0.15, 0.2) is 30.5 Å². The second-order valence-corrected chi connectivity index (χ2v) is 5.21. The van der Waals surface area contributed by atoms with E-state index in [1.165, 1.54) is 20.4 Å². The summed E-state index contributed by atoms with van der Waals surface area (Å²) in [5.74, 6) is 6.45. The molecular formula is C13H15IN4O2. The third-order valence-electron chi connectivity index (χ3n) is 2.77. The van der Waals surface area contributed by atoms with Gasteiger partial charge in [0, 0.05) is 3.57 Å². The number of rotatable bonds is 5. The van der Waals surface area contributed by atoms with Crippen molar-refractivity contribution in [3.8, 4) is 11.8 Å². The predicted molar refractivity (Wildman–Crippen MR) is 83.5 cm³/mol. The van der Waals surface area contributed by atoms with Gasteiger partial charge in [-0.3, -0.25) is 5.84 Å². The zero-order chi connectivity index (χ0) is 14.5. The molecule has 2 rings (SSSR count).